The molecule has 3 nitrogen and oxygen atoms in total. The van der Waals surface area contributed by atoms with Gasteiger partial charge in [0.1, 0.15) is 12.4 Å². The molecule has 0 spiro atoms. The van der Waals surface area contributed by atoms with E-state index in [2.05, 4.69) is 11.4 Å². The number of fused-ring (bicyclic) bond motifs is 2. The summed E-state index contributed by atoms with van der Waals surface area (Å²) in [5, 5.41) is 3.42. The van der Waals surface area contributed by atoms with Gasteiger partial charge in [0.25, 0.3) is 0 Å². The van der Waals surface area contributed by atoms with Crippen molar-refractivity contribution in [1.29, 1.82) is 0 Å². The lowest BCUT2D eigenvalue weighted by molar-refractivity contribution is -0.155. The molecule has 0 radical (unpaired) electrons. The zero-order valence-corrected chi connectivity index (χ0v) is 19.9. The van der Waals surface area contributed by atoms with Gasteiger partial charge in [-0.15, -0.1) is 0 Å². The molecule has 1 heterocycles. The lowest BCUT2D eigenvalue weighted by atomic mass is 9.85. The van der Waals surface area contributed by atoms with E-state index < -0.39 is 18.8 Å². The van der Waals surface area contributed by atoms with Gasteiger partial charge in [0.15, 0.2) is 0 Å². The summed E-state index contributed by atoms with van der Waals surface area (Å²) in [5.41, 5.74) is 5.01. The summed E-state index contributed by atoms with van der Waals surface area (Å²) in [5.74, 6) is 0.439. The third-order valence-electron chi connectivity index (χ3n) is 6.51. The highest BCUT2D eigenvalue weighted by molar-refractivity contribution is 6.33. The minimum atomic E-state index is -4.33. The Kier molecular flexibility index (Phi) is 7.85. The van der Waals surface area contributed by atoms with Crippen molar-refractivity contribution in [3.63, 3.8) is 0 Å². The van der Waals surface area contributed by atoms with Gasteiger partial charge in [-0.1, -0.05) is 48.0 Å². The summed E-state index contributed by atoms with van der Waals surface area (Å²) in [7, 11) is 0. The molecule has 1 N–H and O–H groups in total. The molecule has 2 aliphatic rings. The van der Waals surface area contributed by atoms with E-state index in [-0.39, 0.29) is 12.7 Å². The van der Waals surface area contributed by atoms with Gasteiger partial charge < -0.3 is 10.1 Å². The SMILES string of the molecule is C[C@@H]1CC2=C(Cc3ccccc32)[C@@H](c2cccc(OCCNCCCF)c2Cl)N1CC(F)(F)F. The number of benzene rings is 2. The number of nitrogens with zero attached hydrogens (tertiary/aromatic N) is 1. The molecule has 0 fully saturated rings. The van der Waals surface area contributed by atoms with Crippen LogP contribution in [0.4, 0.5) is 17.6 Å². The van der Waals surface area contributed by atoms with E-state index in [9.17, 15) is 17.6 Å². The van der Waals surface area contributed by atoms with E-state index in [1.54, 1.807) is 18.2 Å². The Bertz CT molecular complexity index is 1040. The molecule has 1 aliphatic carbocycles. The van der Waals surface area contributed by atoms with Crippen LogP contribution in [0, 0.1) is 0 Å². The van der Waals surface area contributed by atoms with E-state index in [0.717, 1.165) is 22.3 Å². The lowest BCUT2D eigenvalue weighted by Crippen LogP contribution is -2.46. The van der Waals surface area contributed by atoms with Gasteiger partial charge in [-0.05, 0) is 66.6 Å². The number of nitrogens with one attached hydrogen (secondary N) is 1. The average Bonchev–Trinajstić information content (AvgIpc) is 3.15. The largest absolute Gasteiger partial charge is 0.491 e. The first-order valence-electron chi connectivity index (χ1n) is 11.6. The Morgan fingerprint density at radius 3 is 2.68 bits per heavy atom. The Hall–Kier alpha value is -2.09. The maximum absolute atomic E-state index is 13.6. The second-order valence-electron chi connectivity index (χ2n) is 8.88. The van der Waals surface area contributed by atoms with Gasteiger partial charge in [0.05, 0.1) is 24.3 Å². The molecule has 8 heteroatoms. The minimum absolute atomic E-state index is 0.308. The number of hydrogen-bond acceptors (Lipinski definition) is 3. The van der Waals surface area contributed by atoms with Crippen LogP contribution in [-0.4, -0.2) is 50.0 Å². The van der Waals surface area contributed by atoms with E-state index in [0.29, 0.717) is 55.3 Å². The fraction of sp³-hybridized carbons (Fsp3) is 0.462. The predicted octanol–water partition coefficient (Wildman–Crippen LogP) is 6.38. The van der Waals surface area contributed by atoms with E-state index >= 15 is 0 Å². The van der Waals surface area contributed by atoms with Gasteiger partial charge in [-0.2, -0.15) is 13.2 Å². The molecule has 184 valence electrons. The van der Waals surface area contributed by atoms with Crippen LogP contribution in [0.5, 0.6) is 5.75 Å². The van der Waals surface area contributed by atoms with Crippen molar-refractivity contribution in [1.82, 2.24) is 10.2 Å². The number of hydrogen-bond donors (Lipinski definition) is 1. The smallest absolute Gasteiger partial charge is 0.401 e. The third-order valence-corrected chi connectivity index (χ3v) is 6.92. The fourth-order valence-corrected chi connectivity index (χ4v) is 5.33. The Balaban J connectivity index is 1.66. The van der Waals surface area contributed by atoms with Crippen LogP contribution in [-0.2, 0) is 6.42 Å². The molecule has 0 aromatic heterocycles. The summed E-state index contributed by atoms with van der Waals surface area (Å²) in [6, 6.07) is 12.4. The lowest BCUT2D eigenvalue weighted by Gasteiger charge is -2.43. The van der Waals surface area contributed by atoms with Crippen molar-refractivity contribution >= 4 is 17.2 Å². The highest BCUT2D eigenvalue weighted by atomic mass is 35.5. The van der Waals surface area contributed by atoms with Gasteiger partial charge >= 0.3 is 6.18 Å². The zero-order valence-electron chi connectivity index (χ0n) is 19.1. The second kappa shape index (κ2) is 10.7. The Morgan fingerprint density at radius 2 is 1.91 bits per heavy atom. The minimum Gasteiger partial charge on any atom is -0.491 e. The molecule has 0 amide bonds. The zero-order chi connectivity index (χ0) is 24.3. The standard InChI is InChI=1S/C26H29ClF4N2O/c1-17-14-21-19-7-3-2-6-18(19)15-22(21)25(33(17)16-26(29,30)31)20-8-4-9-23(24(20)27)34-13-12-32-11-5-10-28/h2-4,6-9,17,25,32H,5,10-16H2,1H3/t17-,25-/m1/s1. The van der Waals surface area contributed by atoms with E-state index in [4.69, 9.17) is 16.3 Å². The first kappa shape index (κ1) is 25.0. The maximum atomic E-state index is 13.6. The van der Waals surface area contributed by atoms with Crippen LogP contribution >= 0.6 is 11.6 Å². The van der Waals surface area contributed by atoms with Crippen molar-refractivity contribution in [2.24, 2.45) is 0 Å². The molecule has 0 bridgehead atoms. The van der Waals surface area contributed by atoms with Crippen LogP contribution in [0.3, 0.4) is 0 Å². The quantitative estimate of drug-likeness (QED) is 0.322. The topological polar surface area (TPSA) is 24.5 Å². The third kappa shape index (κ3) is 5.42. The van der Waals surface area contributed by atoms with Crippen LogP contribution in [0.25, 0.3) is 5.57 Å². The molecule has 4 rings (SSSR count). The van der Waals surface area contributed by atoms with E-state index in [1.807, 2.05) is 25.1 Å². The number of alkyl halides is 4. The van der Waals surface area contributed by atoms with Crippen LogP contribution < -0.4 is 10.1 Å². The van der Waals surface area contributed by atoms with Crippen LogP contribution in [0.1, 0.15) is 42.5 Å². The van der Waals surface area contributed by atoms with Crippen molar-refractivity contribution in [2.75, 3.05) is 32.9 Å². The summed E-state index contributed by atoms with van der Waals surface area (Å²) >= 11 is 6.77. The van der Waals surface area contributed by atoms with Crippen molar-refractivity contribution in [3.05, 3.63) is 69.8 Å². The normalized spacial score (nSPS) is 20.4. The predicted molar refractivity (Wildman–Crippen MR) is 127 cm³/mol. The molecule has 1 aliphatic heterocycles. The Labute approximate surface area is 202 Å². The summed E-state index contributed by atoms with van der Waals surface area (Å²) in [4.78, 5) is 1.52. The summed E-state index contributed by atoms with van der Waals surface area (Å²) in [6.45, 7) is 1.86. The van der Waals surface area contributed by atoms with Crippen molar-refractivity contribution in [3.8, 4) is 5.75 Å². The molecule has 0 unspecified atom stereocenters. The van der Waals surface area contributed by atoms with Gasteiger partial charge in [0, 0.05) is 12.6 Å². The maximum Gasteiger partial charge on any atom is 0.401 e. The molecule has 2 atom stereocenters. The molecule has 2 aromatic rings. The first-order chi connectivity index (χ1) is 16.3. The molecule has 0 saturated carbocycles. The molecular weight excluding hydrogens is 468 g/mol. The van der Waals surface area contributed by atoms with Crippen molar-refractivity contribution in [2.45, 2.75) is 44.4 Å². The van der Waals surface area contributed by atoms with Gasteiger partial charge in [-0.3, -0.25) is 9.29 Å². The van der Waals surface area contributed by atoms with Crippen LogP contribution in [0.15, 0.2) is 48.0 Å². The number of halogens is 5. The average molecular weight is 497 g/mol. The summed E-state index contributed by atoms with van der Waals surface area (Å²) in [6.07, 6.45) is -2.72. The fourth-order valence-electron chi connectivity index (χ4n) is 5.04. The monoisotopic (exact) mass is 496 g/mol. The Morgan fingerprint density at radius 1 is 1.12 bits per heavy atom. The van der Waals surface area contributed by atoms with Gasteiger partial charge in [0.2, 0.25) is 0 Å². The molecule has 2 aromatic carbocycles. The van der Waals surface area contributed by atoms with Crippen LogP contribution in [0.2, 0.25) is 5.02 Å². The second-order valence-corrected chi connectivity index (χ2v) is 9.26. The van der Waals surface area contributed by atoms with E-state index in [1.165, 1.54) is 4.90 Å². The highest BCUT2D eigenvalue weighted by Crippen LogP contribution is 2.51. The summed E-state index contributed by atoms with van der Waals surface area (Å²) < 4.78 is 59.0. The number of ether oxygens (including phenoxy) is 1. The van der Waals surface area contributed by atoms with Gasteiger partial charge in [-0.25, -0.2) is 0 Å². The first-order valence-corrected chi connectivity index (χ1v) is 12.0. The number of rotatable bonds is 9. The molecule has 0 saturated heterocycles. The molecule has 34 heavy (non-hydrogen) atoms. The highest BCUT2D eigenvalue weighted by Gasteiger charge is 2.44. The molecular formula is C26H29ClF4N2O. The van der Waals surface area contributed by atoms with Crippen molar-refractivity contribution < 1.29 is 22.3 Å².